The maximum absolute atomic E-state index is 13.2. The van der Waals surface area contributed by atoms with E-state index in [2.05, 4.69) is 0 Å². The molecule has 1 atom stereocenters. The van der Waals surface area contributed by atoms with Gasteiger partial charge in [-0.15, -0.1) is 0 Å². The molecule has 1 aliphatic heterocycles. The highest BCUT2D eigenvalue weighted by molar-refractivity contribution is 6.31. The van der Waals surface area contributed by atoms with Crippen LogP contribution >= 0.6 is 11.6 Å². The van der Waals surface area contributed by atoms with Crippen LogP contribution in [-0.2, 0) is 24.4 Å². The van der Waals surface area contributed by atoms with Gasteiger partial charge in [-0.1, -0.05) is 29.8 Å². The lowest BCUT2D eigenvalue weighted by Gasteiger charge is -2.13. The average molecular weight is 293 g/mol. The van der Waals surface area contributed by atoms with Crippen LogP contribution in [0.25, 0.3) is 0 Å². The summed E-state index contributed by atoms with van der Waals surface area (Å²) in [6.45, 7) is 1.21. The Labute approximate surface area is 121 Å². The van der Waals surface area contributed by atoms with Crippen molar-refractivity contribution in [3.8, 4) is 0 Å². The van der Waals surface area contributed by atoms with Gasteiger partial charge in [0.15, 0.2) is 0 Å². The van der Waals surface area contributed by atoms with E-state index in [-0.39, 0.29) is 12.2 Å². The highest BCUT2D eigenvalue weighted by Gasteiger charge is 2.16. The zero-order chi connectivity index (χ0) is 14.1. The third-order valence-electron chi connectivity index (χ3n) is 3.55. The lowest BCUT2D eigenvalue weighted by Crippen LogP contribution is -2.03. The van der Waals surface area contributed by atoms with Crippen LogP contribution in [0.4, 0.5) is 4.39 Å². The third-order valence-corrected chi connectivity index (χ3v) is 3.92. The Morgan fingerprint density at radius 3 is 2.80 bits per heavy atom. The SMILES string of the molecule is OC(Cc1cc(F)ccc1Cl)c1ccc2c(c1)COC2. The van der Waals surface area contributed by atoms with Gasteiger partial charge in [0.2, 0.25) is 0 Å². The molecule has 2 aromatic carbocycles. The quantitative estimate of drug-likeness (QED) is 0.933. The molecule has 0 aliphatic carbocycles. The summed E-state index contributed by atoms with van der Waals surface area (Å²) in [7, 11) is 0. The van der Waals surface area contributed by atoms with E-state index in [1.165, 1.54) is 18.2 Å². The third kappa shape index (κ3) is 2.70. The number of benzene rings is 2. The standard InChI is InChI=1S/C16H14ClFO2/c17-15-4-3-14(18)6-12(15)7-16(19)10-1-2-11-8-20-9-13(11)5-10/h1-6,16,19H,7-9H2. The molecule has 0 amide bonds. The molecule has 0 fully saturated rings. The van der Waals surface area contributed by atoms with Crippen molar-refractivity contribution < 1.29 is 14.2 Å². The number of ether oxygens (including phenoxy) is 1. The highest BCUT2D eigenvalue weighted by Crippen LogP contribution is 2.27. The first-order valence-corrected chi connectivity index (χ1v) is 6.83. The predicted molar refractivity (Wildman–Crippen MR) is 75.0 cm³/mol. The predicted octanol–water partition coefficient (Wildman–Crippen LogP) is 3.79. The molecule has 2 aromatic rings. The summed E-state index contributed by atoms with van der Waals surface area (Å²) in [6.07, 6.45) is -0.420. The molecule has 1 heterocycles. The lowest BCUT2D eigenvalue weighted by atomic mass is 9.98. The molecule has 0 aromatic heterocycles. The first kappa shape index (κ1) is 13.6. The lowest BCUT2D eigenvalue weighted by molar-refractivity contribution is 0.134. The van der Waals surface area contributed by atoms with Crippen LogP contribution in [0.1, 0.15) is 28.4 Å². The molecule has 0 saturated heterocycles. The normalized spacial score (nSPS) is 15.2. The molecule has 2 nitrogen and oxygen atoms in total. The van der Waals surface area contributed by atoms with E-state index in [9.17, 15) is 9.50 Å². The molecule has 1 unspecified atom stereocenters. The molecule has 0 bridgehead atoms. The molecule has 0 spiro atoms. The Bertz CT molecular complexity index is 642. The zero-order valence-corrected chi connectivity index (χ0v) is 11.5. The molecule has 4 heteroatoms. The number of halogens is 2. The second-order valence-corrected chi connectivity index (χ2v) is 5.38. The average Bonchev–Trinajstić information content (AvgIpc) is 2.90. The van der Waals surface area contributed by atoms with Crippen LogP contribution in [0.15, 0.2) is 36.4 Å². The van der Waals surface area contributed by atoms with E-state index in [0.29, 0.717) is 23.8 Å². The van der Waals surface area contributed by atoms with E-state index >= 15 is 0 Å². The number of fused-ring (bicyclic) bond motifs is 1. The van der Waals surface area contributed by atoms with Crippen LogP contribution in [0.2, 0.25) is 5.02 Å². The largest absolute Gasteiger partial charge is 0.388 e. The van der Waals surface area contributed by atoms with E-state index in [1.807, 2.05) is 18.2 Å². The van der Waals surface area contributed by atoms with Gasteiger partial charge in [0.05, 0.1) is 19.3 Å². The van der Waals surface area contributed by atoms with Crippen molar-refractivity contribution in [1.29, 1.82) is 0 Å². The number of hydrogen-bond acceptors (Lipinski definition) is 2. The smallest absolute Gasteiger partial charge is 0.123 e. The minimum absolute atomic E-state index is 0.288. The number of rotatable bonds is 3. The molecule has 1 N–H and O–H groups in total. The maximum atomic E-state index is 13.2. The maximum Gasteiger partial charge on any atom is 0.123 e. The second-order valence-electron chi connectivity index (χ2n) is 4.98. The fourth-order valence-electron chi connectivity index (χ4n) is 2.43. The van der Waals surface area contributed by atoms with E-state index in [1.54, 1.807) is 0 Å². The van der Waals surface area contributed by atoms with Gasteiger partial charge in [-0.2, -0.15) is 0 Å². The van der Waals surface area contributed by atoms with Gasteiger partial charge in [0.25, 0.3) is 0 Å². The Morgan fingerprint density at radius 2 is 1.95 bits per heavy atom. The highest BCUT2D eigenvalue weighted by atomic mass is 35.5. The molecule has 0 radical (unpaired) electrons. The van der Waals surface area contributed by atoms with Crippen LogP contribution in [0.5, 0.6) is 0 Å². The van der Waals surface area contributed by atoms with Gasteiger partial charge in [-0.3, -0.25) is 0 Å². The van der Waals surface area contributed by atoms with Crippen molar-refractivity contribution in [2.45, 2.75) is 25.7 Å². The minimum atomic E-state index is -0.708. The summed E-state index contributed by atoms with van der Waals surface area (Å²) in [6, 6.07) is 9.97. The van der Waals surface area contributed by atoms with Crippen LogP contribution in [0, 0.1) is 5.82 Å². The summed E-state index contributed by atoms with van der Waals surface area (Å²) in [4.78, 5) is 0. The number of aliphatic hydroxyl groups excluding tert-OH is 1. The Hall–Kier alpha value is -1.42. The summed E-state index contributed by atoms with van der Waals surface area (Å²) >= 11 is 6.02. The van der Waals surface area contributed by atoms with Crippen molar-refractivity contribution in [2.24, 2.45) is 0 Å². The van der Waals surface area contributed by atoms with Gasteiger partial charge in [-0.25, -0.2) is 4.39 Å². The van der Waals surface area contributed by atoms with Crippen LogP contribution < -0.4 is 0 Å². The topological polar surface area (TPSA) is 29.5 Å². The molecule has 104 valence electrons. The molecule has 1 aliphatic rings. The van der Waals surface area contributed by atoms with Crippen molar-refractivity contribution in [1.82, 2.24) is 0 Å². The fraction of sp³-hybridized carbons (Fsp3) is 0.250. The van der Waals surface area contributed by atoms with Gasteiger partial charge in [-0.05, 0) is 40.5 Å². The summed E-state index contributed by atoms with van der Waals surface area (Å²) in [5.41, 5.74) is 3.67. The van der Waals surface area contributed by atoms with Gasteiger partial charge in [0.1, 0.15) is 5.82 Å². The van der Waals surface area contributed by atoms with Crippen molar-refractivity contribution in [3.05, 3.63) is 69.5 Å². The fourth-order valence-corrected chi connectivity index (χ4v) is 2.62. The first-order chi connectivity index (χ1) is 9.63. The van der Waals surface area contributed by atoms with Crippen LogP contribution in [-0.4, -0.2) is 5.11 Å². The molecular formula is C16H14ClFO2. The van der Waals surface area contributed by atoms with Crippen molar-refractivity contribution in [3.63, 3.8) is 0 Å². The Morgan fingerprint density at radius 1 is 1.15 bits per heavy atom. The Balaban J connectivity index is 1.82. The monoisotopic (exact) mass is 292 g/mol. The van der Waals surface area contributed by atoms with Crippen LogP contribution in [0.3, 0.4) is 0 Å². The van der Waals surface area contributed by atoms with Gasteiger partial charge in [0, 0.05) is 11.4 Å². The summed E-state index contributed by atoms with van der Waals surface area (Å²) in [5.74, 6) is -0.348. The first-order valence-electron chi connectivity index (χ1n) is 6.45. The number of aliphatic hydroxyl groups is 1. The van der Waals surface area contributed by atoms with Gasteiger partial charge < -0.3 is 9.84 Å². The second kappa shape index (κ2) is 5.52. The molecule has 3 rings (SSSR count). The summed E-state index contributed by atoms with van der Waals surface area (Å²) < 4.78 is 18.6. The number of hydrogen-bond donors (Lipinski definition) is 1. The van der Waals surface area contributed by atoms with Gasteiger partial charge >= 0.3 is 0 Å². The van der Waals surface area contributed by atoms with E-state index in [0.717, 1.165) is 16.7 Å². The van der Waals surface area contributed by atoms with Crippen molar-refractivity contribution >= 4 is 11.6 Å². The molecular weight excluding hydrogens is 279 g/mol. The minimum Gasteiger partial charge on any atom is -0.388 e. The van der Waals surface area contributed by atoms with E-state index < -0.39 is 6.10 Å². The Kier molecular flexibility index (Phi) is 3.74. The molecule has 0 saturated carbocycles. The van der Waals surface area contributed by atoms with E-state index in [4.69, 9.17) is 16.3 Å². The molecule has 20 heavy (non-hydrogen) atoms. The van der Waals surface area contributed by atoms with Crippen molar-refractivity contribution in [2.75, 3.05) is 0 Å². The summed E-state index contributed by atoms with van der Waals surface area (Å²) in [5, 5.41) is 10.8. The zero-order valence-electron chi connectivity index (χ0n) is 10.8.